The van der Waals surface area contributed by atoms with Crippen LogP contribution in [0.1, 0.15) is 11.3 Å². The minimum absolute atomic E-state index is 0.763. The Morgan fingerprint density at radius 1 is 1.35 bits per heavy atom. The van der Waals surface area contributed by atoms with Gasteiger partial charge in [-0.05, 0) is 18.6 Å². The molecule has 0 spiro atoms. The lowest BCUT2D eigenvalue weighted by Gasteiger charge is -2.06. The minimum Gasteiger partial charge on any atom is -0.379 e. The third kappa shape index (κ3) is 2.03. The minimum atomic E-state index is 0.763. The Labute approximate surface area is 104 Å². The topological polar surface area (TPSA) is 29.3 Å². The van der Waals surface area contributed by atoms with E-state index in [-0.39, 0.29) is 0 Å². The van der Waals surface area contributed by atoms with E-state index in [1.807, 2.05) is 23.7 Å². The van der Waals surface area contributed by atoms with Gasteiger partial charge in [0.25, 0.3) is 0 Å². The van der Waals surface area contributed by atoms with Crippen LogP contribution < -0.4 is 5.32 Å². The number of aryl methyl sites for hydroxylation is 1. The van der Waals surface area contributed by atoms with Gasteiger partial charge in [-0.2, -0.15) is 0 Å². The lowest BCUT2D eigenvalue weighted by atomic mass is 10.2. The Balaban J connectivity index is 1.76. The molecule has 0 saturated carbocycles. The summed E-state index contributed by atoms with van der Waals surface area (Å²) in [7, 11) is 0. The molecule has 0 unspecified atom stereocenters. The molecule has 2 aromatic heterocycles. The maximum atomic E-state index is 4.54. The number of fused-ring (bicyclic) bond motifs is 1. The second-order valence-electron chi connectivity index (χ2n) is 3.99. The molecule has 0 radical (unpaired) electrons. The van der Waals surface area contributed by atoms with E-state index in [4.69, 9.17) is 0 Å². The van der Waals surface area contributed by atoms with Crippen molar-refractivity contribution in [1.82, 2.24) is 9.38 Å². The Kier molecular flexibility index (Phi) is 2.57. The third-order valence-electron chi connectivity index (χ3n) is 2.75. The number of imidazole rings is 1. The number of anilines is 1. The molecular formula is C13H13N3S. The molecule has 0 bridgehead atoms. The number of hydrogen-bond acceptors (Lipinski definition) is 3. The van der Waals surface area contributed by atoms with E-state index in [1.165, 1.54) is 11.3 Å². The maximum absolute atomic E-state index is 4.54. The molecule has 0 fully saturated rings. The van der Waals surface area contributed by atoms with Gasteiger partial charge in [-0.1, -0.05) is 18.2 Å². The first-order valence-electron chi connectivity index (χ1n) is 5.53. The van der Waals surface area contributed by atoms with Crippen LogP contribution in [0.3, 0.4) is 0 Å². The first-order valence-corrected chi connectivity index (χ1v) is 6.41. The fraction of sp³-hybridized carbons (Fsp3) is 0.154. The van der Waals surface area contributed by atoms with Gasteiger partial charge in [-0.25, -0.2) is 4.98 Å². The fourth-order valence-corrected chi connectivity index (χ4v) is 2.54. The zero-order valence-corrected chi connectivity index (χ0v) is 10.4. The highest BCUT2D eigenvalue weighted by atomic mass is 32.1. The van der Waals surface area contributed by atoms with Crippen molar-refractivity contribution >= 4 is 22.0 Å². The summed E-state index contributed by atoms with van der Waals surface area (Å²) in [4.78, 5) is 5.58. The summed E-state index contributed by atoms with van der Waals surface area (Å²) in [5.74, 6) is 0. The number of nitrogens with zero attached hydrogens (tertiary/aromatic N) is 2. The van der Waals surface area contributed by atoms with Gasteiger partial charge < -0.3 is 5.32 Å². The molecule has 3 rings (SSSR count). The average Bonchev–Trinajstić information content (AvgIpc) is 2.88. The highest BCUT2D eigenvalue weighted by molar-refractivity contribution is 7.15. The zero-order chi connectivity index (χ0) is 11.7. The number of benzene rings is 1. The van der Waals surface area contributed by atoms with Gasteiger partial charge in [0, 0.05) is 23.5 Å². The van der Waals surface area contributed by atoms with Crippen LogP contribution in [0.25, 0.3) is 4.96 Å². The van der Waals surface area contributed by atoms with Gasteiger partial charge >= 0.3 is 0 Å². The van der Waals surface area contributed by atoms with Crippen LogP contribution in [-0.4, -0.2) is 9.38 Å². The van der Waals surface area contributed by atoms with Crippen LogP contribution in [0.2, 0.25) is 0 Å². The van der Waals surface area contributed by atoms with E-state index >= 15 is 0 Å². The van der Waals surface area contributed by atoms with Gasteiger partial charge in [0.05, 0.1) is 12.2 Å². The molecule has 2 heterocycles. The number of thiazole rings is 1. The summed E-state index contributed by atoms with van der Waals surface area (Å²) in [5, 5.41) is 5.45. The van der Waals surface area contributed by atoms with Crippen molar-refractivity contribution in [3.63, 3.8) is 0 Å². The maximum Gasteiger partial charge on any atom is 0.193 e. The third-order valence-corrected chi connectivity index (χ3v) is 3.52. The molecule has 1 aromatic carbocycles. The van der Waals surface area contributed by atoms with Crippen LogP contribution in [-0.2, 0) is 6.54 Å². The molecule has 0 amide bonds. The second-order valence-corrected chi connectivity index (χ2v) is 4.87. The van der Waals surface area contributed by atoms with Gasteiger partial charge in [-0.3, -0.25) is 4.40 Å². The van der Waals surface area contributed by atoms with E-state index in [0.29, 0.717) is 0 Å². The first kappa shape index (κ1) is 10.4. The summed E-state index contributed by atoms with van der Waals surface area (Å²) in [5.41, 5.74) is 3.50. The van der Waals surface area contributed by atoms with Crippen LogP contribution >= 0.6 is 11.3 Å². The van der Waals surface area contributed by atoms with E-state index < -0.39 is 0 Å². The summed E-state index contributed by atoms with van der Waals surface area (Å²) in [6.07, 6.45) is 4.10. The van der Waals surface area contributed by atoms with Crippen LogP contribution in [0.5, 0.6) is 0 Å². The highest BCUT2D eigenvalue weighted by Gasteiger charge is 2.02. The number of rotatable bonds is 3. The first-order chi connectivity index (χ1) is 8.33. The van der Waals surface area contributed by atoms with E-state index in [0.717, 1.165) is 17.2 Å². The number of para-hydroxylation sites is 1. The number of nitrogens with one attached hydrogen (secondary N) is 1. The Morgan fingerprint density at radius 3 is 3.06 bits per heavy atom. The molecule has 0 aliphatic rings. The van der Waals surface area contributed by atoms with Crippen LogP contribution in [0.15, 0.2) is 42.0 Å². The van der Waals surface area contributed by atoms with E-state index in [2.05, 4.69) is 40.0 Å². The average molecular weight is 243 g/mol. The summed E-state index contributed by atoms with van der Waals surface area (Å²) < 4.78 is 2.06. The number of aromatic nitrogens is 2. The predicted molar refractivity (Wildman–Crippen MR) is 71.6 cm³/mol. The molecule has 0 saturated heterocycles. The van der Waals surface area contributed by atoms with Crippen molar-refractivity contribution in [2.24, 2.45) is 0 Å². The second kappa shape index (κ2) is 4.22. The van der Waals surface area contributed by atoms with Gasteiger partial charge in [0.2, 0.25) is 0 Å². The van der Waals surface area contributed by atoms with Crippen molar-refractivity contribution in [2.45, 2.75) is 13.5 Å². The fourth-order valence-electron chi connectivity index (χ4n) is 1.82. The Bertz CT molecular complexity index is 610. The lowest BCUT2D eigenvalue weighted by Crippen LogP contribution is -2.00. The van der Waals surface area contributed by atoms with Crippen molar-refractivity contribution in [1.29, 1.82) is 0 Å². The predicted octanol–water partition coefficient (Wildman–Crippen LogP) is 3.32. The molecule has 0 atom stereocenters. The van der Waals surface area contributed by atoms with Crippen molar-refractivity contribution < 1.29 is 0 Å². The normalized spacial score (nSPS) is 10.9. The van der Waals surface area contributed by atoms with Gasteiger partial charge in [0.1, 0.15) is 0 Å². The van der Waals surface area contributed by atoms with Crippen LogP contribution in [0.4, 0.5) is 5.69 Å². The van der Waals surface area contributed by atoms with E-state index in [9.17, 15) is 0 Å². The standard InChI is InChI=1S/C13H13N3S/c1-10-4-2-3-5-12(10)14-8-11-9-16-6-7-17-13(16)15-11/h2-7,9,14H,8H2,1H3. The monoisotopic (exact) mass is 243 g/mol. The Hall–Kier alpha value is -1.81. The highest BCUT2D eigenvalue weighted by Crippen LogP contribution is 2.16. The summed E-state index contributed by atoms with van der Waals surface area (Å²) >= 11 is 1.66. The molecule has 3 nitrogen and oxygen atoms in total. The molecule has 1 N–H and O–H groups in total. The van der Waals surface area contributed by atoms with Crippen molar-refractivity contribution in [2.75, 3.05) is 5.32 Å². The van der Waals surface area contributed by atoms with Crippen LogP contribution in [0, 0.1) is 6.92 Å². The molecule has 4 heteroatoms. The summed E-state index contributed by atoms with van der Waals surface area (Å²) in [6.45, 7) is 2.87. The molecule has 17 heavy (non-hydrogen) atoms. The molecule has 0 aliphatic carbocycles. The largest absolute Gasteiger partial charge is 0.379 e. The lowest BCUT2D eigenvalue weighted by molar-refractivity contribution is 1.07. The van der Waals surface area contributed by atoms with Crippen molar-refractivity contribution in [3.05, 3.63) is 53.3 Å². The molecule has 3 aromatic rings. The smallest absolute Gasteiger partial charge is 0.193 e. The summed E-state index contributed by atoms with van der Waals surface area (Å²) in [6, 6.07) is 8.29. The SMILES string of the molecule is Cc1ccccc1NCc1cn2ccsc2n1. The Morgan fingerprint density at radius 2 is 2.24 bits per heavy atom. The van der Waals surface area contributed by atoms with E-state index in [1.54, 1.807) is 11.3 Å². The van der Waals surface area contributed by atoms with Gasteiger partial charge in [-0.15, -0.1) is 11.3 Å². The van der Waals surface area contributed by atoms with Crippen molar-refractivity contribution in [3.8, 4) is 0 Å². The molecular weight excluding hydrogens is 230 g/mol. The quantitative estimate of drug-likeness (QED) is 0.764. The zero-order valence-electron chi connectivity index (χ0n) is 9.55. The molecule has 0 aliphatic heterocycles. The number of hydrogen-bond donors (Lipinski definition) is 1. The van der Waals surface area contributed by atoms with Gasteiger partial charge in [0.15, 0.2) is 4.96 Å². The molecule has 86 valence electrons.